The van der Waals surface area contributed by atoms with E-state index in [1.54, 1.807) is 12.1 Å². The van der Waals surface area contributed by atoms with Crippen molar-refractivity contribution in [3.8, 4) is 0 Å². The van der Waals surface area contributed by atoms with Gasteiger partial charge in [-0.3, -0.25) is 9.69 Å². The number of amides is 1. The highest BCUT2D eigenvalue weighted by Crippen LogP contribution is 2.27. The number of carbonyl (C=O) groups excluding carboxylic acids is 1. The average molecular weight is 292 g/mol. The van der Waals surface area contributed by atoms with Gasteiger partial charge in [-0.15, -0.1) is 0 Å². The van der Waals surface area contributed by atoms with Crippen LogP contribution in [0, 0.1) is 5.82 Å². The number of hydrogen-bond donors (Lipinski definition) is 0. The summed E-state index contributed by atoms with van der Waals surface area (Å²) in [4.78, 5) is 16.3. The van der Waals surface area contributed by atoms with Crippen molar-refractivity contribution in [3.63, 3.8) is 0 Å². The van der Waals surface area contributed by atoms with Crippen molar-refractivity contribution < 1.29 is 13.9 Å². The van der Waals surface area contributed by atoms with E-state index in [4.69, 9.17) is 4.74 Å². The lowest BCUT2D eigenvalue weighted by atomic mass is 9.98. The average Bonchev–Trinajstić information content (AvgIpc) is 2.97. The van der Waals surface area contributed by atoms with E-state index in [0.717, 1.165) is 25.1 Å². The van der Waals surface area contributed by atoms with E-state index in [1.165, 1.54) is 6.07 Å². The topological polar surface area (TPSA) is 32.8 Å². The van der Waals surface area contributed by atoms with Gasteiger partial charge in [-0.25, -0.2) is 4.39 Å². The number of halogens is 1. The maximum absolute atomic E-state index is 13.3. The van der Waals surface area contributed by atoms with E-state index < -0.39 is 0 Å². The molecule has 4 nitrogen and oxygen atoms in total. The lowest BCUT2D eigenvalue weighted by Crippen LogP contribution is -2.45. The van der Waals surface area contributed by atoms with Crippen molar-refractivity contribution in [1.29, 1.82) is 0 Å². The summed E-state index contributed by atoms with van der Waals surface area (Å²) in [7, 11) is 0. The molecule has 0 aliphatic carbocycles. The molecule has 0 spiro atoms. The van der Waals surface area contributed by atoms with Gasteiger partial charge in [-0.2, -0.15) is 0 Å². The molecule has 0 radical (unpaired) electrons. The number of hydrogen-bond acceptors (Lipinski definition) is 3. The Morgan fingerprint density at radius 1 is 1.29 bits per heavy atom. The van der Waals surface area contributed by atoms with Crippen molar-refractivity contribution in [1.82, 2.24) is 9.80 Å². The third-order valence-corrected chi connectivity index (χ3v) is 4.32. The number of ether oxygens (including phenoxy) is 1. The minimum Gasteiger partial charge on any atom is -0.378 e. The Kier molecular flexibility index (Phi) is 4.51. The van der Waals surface area contributed by atoms with Crippen LogP contribution in [-0.4, -0.2) is 61.6 Å². The van der Waals surface area contributed by atoms with Crippen LogP contribution in [0.4, 0.5) is 4.39 Å². The quantitative estimate of drug-likeness (QED) is 0.846. The second kappa shape index (κ2) is 6.54. The van der Waals surface area contributed by atoms with Crippen LogP contribution in [0.2, 0.25) is 0 Å². The van der Waals surface area contributed by atoms with Gasteiger partial charge in [-0.05, 0) is 36.6 Å². The molecule has 0 N–H and O–H groups in total. The molecule has 114 valence electrons. The highest BCUT2D eigenvalue weighted by molar-refractivity contribution is 5.78. The van der Waals surface area contributed by atoms with Gasteiger partial charge >= 0.3 is 0 Å². The van der Waals surface area contributed by atoms with Crippen molar-refractivity contribution in [3.05, 3.63) is 35.6 Å². The number of likely N-dealkylation sites (tertiary alicyclic amines) is 1. The van der Waals surface area contributed by atoms with Gasteiger partial charge < -0.3 is 9.64 Å². The summed E-state index contributed by atoms with van der Waals surface area (Å²) in [5, 5.41) is 0. The van der Waals surface area contributed by atoms with Crippen LogP contribution in [0.25, 0.3) is 0 Å². The SMILES string of the molecule is O=C(CN1CC[C@H](c2cccc(F)c2)C1)N1CCOCC1. The predicted octanol–water partition coefficient (Wildman–Crippen LogP) is 1.47. The van der Waals surface area contributed by atoms with Gasteiger partial charge in [-0.1, -0.05) is 12.1 Å². The second-order valence-electron chi connectivity index (χ2n) is 5.77. The van der Waals surface area contributed by atoms with Gasteiger partial charge in [0.2, 0.25) is 5.91 Å². The molecule has 3 rings (SSSR count). The Hall–Kier alpha value is -1.46. The van der Waals surface area contributed by atoms with Crippen molar-refractivity contribution in [2.45, 2.75) is 12.3 Å². The lowest BCUT2D eigenvalue weighted by Gasteiger charge is -2.28. The highest BCUT2D eigenvalue weighted by Gasteiger charge is 2.27. The second-order valence-corrected chi connectivity index (χ2v) is 5.77. The Labute approximate surface area is 124 Å². The molecule has 1 aromatic rings. The number of carbonyl (C=O) groups is 1. The Bertz CT molecular complexity index is 503. The molecular formula is C16H21FN2O2. The first kappa shape index (κ1) is 14.5. The molecule has 2 aliphatic heterocycles. The van der Waals surface area contributed by atoms with E-state index in [0.29, 0.717) is 38.8 Å². The molecule has 0 bridgehead atoms. The largest absolute Gasteiger partial charge is 0.378 e. The molecule has 2 fully saturated rings. The molecule has 2 aliphatic rings. The predicted molar refractivity (Wildman–Crippen MR) is 77.6 cm³/mol. The number of nitrogens with zero attached hydrogens (tertiary/aromatic N) is 2. The molecule has 2 saturated heterocycles. The van der Waals surface area contributed by atoms with Gasteiger partial charge in [0, 0.05) is 19.6 Å². The molecule has 0 unspecified atom stereocenters. The molecular weight excluding hydrogens is 271 g/mol. The molecule has 21 heavy (non-hydrogen) atoms. The summed E-state index contributed by atoms with van der Waals surface area (Å²) >= 11 is 0. The molecule has 0 aromatic heterocycles. The fraction of sp³-hybridized carbons (Fsp3) is 0.562. The van der Waals surface area contributed by atoms with Gasteiger partial charge in [0.25, 0.3) is 0 Å². The van der Waals surface area contributed by atoms with Crippen LogP contribution in [0.5, 0.6) is 0 Å². The number of morpholine rings is 1. The summed E-state index contributed by atoms with van der Waals surface area (Å²) in [5.74, 6) is 0.326. The highest BCUT2D eigenvalue weighted by atomic mass is 19.1. The molecule has 1 atom stereocenters. The van der Waals surface area contributed by atoms with E-state index in [-0.39, 0.29) is 11.7 Å². The summed E-state index contributed by atoms with van der Waals surface area (Å²) in [6.45, 7) is 4.86. The van der Waals surface area contributed by atoms with Gasteiger partial charge in [0.1, 0.15) is 5.82 Å². The normalized spacial score (nSPS) is 23.5. The molecule has 1 aromatic carbocycles. The zero-order chi connectivity index (χ0) is 14.7. The van der Waals surface area contributed by atoms with Crippen LogP contribution in [0.3, 0.4) is 0 Å². The number of rotatable bonds is 3. The first-order chi connectivity index (χ1) is 10.2. The van der Waals surface area contributed by atoms with Crippen LogP contribution in [-0.2, 0) is 9.53 Å². The fourth-order valence-corrected chi connectivity index (χ4v) is 3.11. The minimum atomic E-state index is -0.185. The van der Waals surface area contributed by atoms with Crippen molar-refractivity contribution >= 4 is 5.91 Å². The van der Waals surface area contributed by atoms with Crippen molar-refractivity contribution in [2.24, 2.45) is 0 Å². The first-order valence-corrected chi connectivity index (χ1v) is 7.56. The Morgan fingerprint density at radius 2 is 2.10 bits per heavy atom. The van der Waals surface area contributed by atoms with E-state index in [2.05, 4.69) is 4.90 Å². The maximum atomic E-state index is 13.3. The zero-order valence-electron chi connectivity index (χ0n) is 12.1. The smallest absolute Gasteiger partial charge is 0.236 e. The lowest BCUT2D eigenvalue weighted by molar-refractivity contribution is -0.136. The van der Waals surface area contributed by atoms with Gasteiger partial charge in [0.05, 0.1) is 19.8 Å². The molecule has 2 heterocycles. The summed E-state index contributed by atoms with van der Waals surface area (Å²) < 4.78 is 18.5. The fourth-order valence-electron chi connectivity index (χ4n) is 3.11. The van der Waals surface area contributed by atoms with Crippen LogP contribution < -0.4 is 0 Å². The van der Waals surface area contributed by atoms with Gasteiger partial charge in [0.15, 0.2) is 0 Å². The number of benzene rings is 1. The molecule has 1 amide bonds. The Balaban J connectivity index is 1.53. The van der Waals surface area contributed by atoms with E-state index in [9.17, 15) is 9.18 Å². The van der Waals surface area contributed by atoms with Crippen molar-refractivity contribution in [2.75, 3.05) is 45.9 Å². The Morgan fingerprint density at radius 3 is 2.86 bits per heavy atom. The van der Waals surface area contributed by atoms with Crippen LogP contribution in [0.15, 0.2) is 24.3 Å². The van der Waals surface area contributed by atoms with Crippen LogP contribution >= 0.6 is 0 Å². The minimum absolute atomic E-state index is 0.179. The summed E-state index contributed by atoms with van der Waals surface area (Å²) in [5.41, 5.74) is 1.04. The van der Waals surface area contributed by atoms with E-state index in [1.807, 2.05) is 11.0 Å². The molecule has 0 saturated carbocycles. The maximum Gasteiger partial charge on any atom is 0.236 e. The summed E-state index contributed by atoms with van der Waals surface area (Å²) in [6, 6.07) is 6.81. The molecule has 5 heteroatoms. The summed E-state index contributed by atoms with van der Waals surface area (Å²) in [6.07, 6.45) is 0.986. The first-order valence-electron chi connectivity index (χ1n) is 7.56. The van der Waals surface area contributed by atoms with Crippen LogP contribution in [0.1, 0.15) is 17.9 Å². The third-order valence-electron chi connectivity index (χ3n) is 4.32. The third kappa shape index (κ3) is 3.60. The standard InChI is InChI=1S/C16H21FN2O2/c17-15-3-1-2-13(10-15)14-4-5-18(11-14)12-16(20)19-6-8-21-9-7-19/h1-3,10,14H,4-9,11-12H2/t14-/m0/s1. The monoisotopic (exact) mass is 292 g/mol. The zero-order valence-corrected chi connectivity index (χ0v) is 12.1. The van der Waals surface area contributed by atoms with E-state index >= 15 is 0 Å².